The van der Waals surface area contributed by atoms with E-state index in [4.69, 9.17) is 11.6 Å². The first kappa shape index (κ1) is 5.56. The first-order valence-electron chi connectivity index (χ1n) is 2.06. The summed E-state index contributed by atoms with van der Waals surface area (Å²) in [7, 11) is 0. The predicted molar refractivity (Wildman–Crippen MR) is 28.0 cm³/mol. The fraction of sp³-hybridized carbons (Fsp3) is 0.500. The Morgan fingerprint density at radius 2 is 2.75 bits per heavy atom. The first-order valence-corrected chi connectivity index (χ1v) is 2.59. The van der Waals surface area contributed by atoms with Crippen LogP contribution in [0, 0.1) is 0 Å². The summed E-state index contributed by atoms with van der Waals surface area (Å²) in [4.78, 5) is 13.6. The molecule has 0 aliphatic carbocycles. The average Bonchev–Trinajstić information content (AvgIpc) is 2.14. The molecule has 1 heterocycles. The molecule has 1 atom stereocenters. The molecule has 0 aromatic rings. The minimum Gasteiger partial charge on any atom is -0.577 e. The second-order valence-corrected chi connectivity index (χ2v) is 1.61. The zero-order valence-electron chi connectivity index (χ0n) is 3.93. The fourth-order valence-corrected chi connectivity index (χ4v) is 0.550. The number of aliphatic imine (C=N–C) groups is 1. The van der Waals surface area contributed by atoms with Crippen molar-refractivity contribution in [1.82, 2.24) is 0 Å². The van der Waals surface area contributed by atoms with E-state index in [-0.39, 0.29) is 11.8 Å². The van der Waals surface area contributed by atoms with Crippen LogP contribution in [0.5, 0.6) is 0 Å². The molecular formula is C4H3ClNO2-. The van der Waals surface area contributed by atoms with Gasteiger partial charge in [0.15, 0.2) is 0 Å². The third kappa shape index (κ3) is 0.816. The molecule has 8 heavy (non-hydrogen) atoms. The third-order valence-electron chi connectivity index (χ3n) is 0.766. The van der Waals surface area contributed by atoms with Gasteiger partial charge >= 0.3 is 0 Å². The molecule has 0 fully saturated rings. The van der Waals surface area contributed by atoms with E-state index in [9.17, 15) is 4.79 Å². The predicted octanol–water partition coefficient (Wildman–Crippen LogP) is 0.0559. The highest BCUT2D eigenvalue weighted by Crippen LogP contribution is 2.01. The quantitative estimate of drug-likeness (QED) is 0.374. The first-order chi connectivity index (χ1) is 3.84. The molecule has 0 aromatic carbocycles. The minimum absolute atomic E-state index is 0.148. The van der Waals surface area contributed by atoms with Gasteiger partial charge in [-0.15, -0.1) is 11.6 Å². The van der Waals surface area contributed by atoms with Gasteiger partial charge in [-0.1, -0.05) is 0 Å². The number of carbonyl (C=O) groups excluding carboxylic acids is 1. The smallest absolute Gasteiger partial charge is 0.129 e. The number of alkyl halides is 1. The Morgan fingerprint density at radius 3 is 3.00 bits per heavy atom. The Kier molecular flexibility index (Phi) is 1.48. The number of ether oxygens (including phenoxy) is 1. The molecular weight excluding hydrogens is 130 g/mol. The van der Waals surface area contributed by atoms with Gasteiger partial charge in [0.1, 0.15) is 12.0 Å². The molecule has 0 saturated heterocycles. The molecule has 0 bridgehead atoms. The molecule has 1 unspecified atom stereocenters. The van der Waals surface area contributed by atoms with E-state index in [0.29, 0.717) is 0 Å². The summed E-state index contributed by atoms with van der Waals surface area (Å²) in [5.74, 6) is -0.199. The van der Waals surface area contributed by atoms with Crippen molar-refractivity contribution < 1.29 is 9.53 Å². The Morgan fingerprint density at radius 1 is 2.00 bits per heavy atom. The van der Waals surface area contributed by atoms with Crippen LogP contribution in [-0.2, 0) is 9.53 Å². The van der Waals surface area contributed by atoms with Gasteiger partial charge in [-0.25, -0.2) is 0 Å². The lowest BCUT2D eigenvalue weighted by atomic mass is 10.4. The molecule has 1 aliphatic rings. The summed E-state index contributed by atoms with van der Waals surface area (Å²) in [5, 5.41) is 0. The lowest BCUT2D eigenvalue weighted by Gasteiger charge is -2.07. The number of nitrogens with zero attached hydrogens (tertiary/aromatic N) is 1. The van der Waals surface area contributed by atoms with Crippen LogP contribution in [0.3, 0.4) is 0 Å². The molecule has 1 rings (SSSR count). The van der Waals surface area contributed by atoms with Gasteiger partial charge in [-0.05, 0) is 0 Å². The number of hydrogen-bond acceptors (Lipinski definition) is 2. The van der Waals surface area contributed by atoms with E-state index in [1.807, 2.05) is 0 Å². The summed E-state index contributed by atoms with van der Waals surface area (Å²) < 4.78 is 4.52. The average molecular weight is 133 g/mol. The van der Waals surface area contributed by atoms with E-state index >= 15 is 0 Å². The van der Waals surface area contributed by atoms with Crippen molar-refractivity contribution in [3.05, 3.63) is 0 Å². The normalized spacial score (nSPS) is 26.1. The van der Waals surface area contributed by atoms with E-state index in [0.717, 1.165) is 0 Å². The van der Waals surface area contributed by atoms with Crippen molar-refractivity contribution in [2.45, 2.75) is 6.10 Å². The van der Waals surface area contributed by atoms with Crippen LogP contribution < -0.4 is 0 Å². The van der Waals surface area contributed by atoms with Crippen molar-refractivity contribution in [2.24, 2.45) is 4.99 Å². The molecule has 0 N–H and O–H groups in total. The maximum absolute atomic E-state index is 10.4. The van der Waals surface area contributed by atoms with Crippen molar-refractivity contribution >= 4 is 23.9 Å². The number of rotatable bonds is 1. The number of carbonyl (C=O) groups is 1. The maximum Gasteiger partial charge on any atom is 0.129 e. The highest BCUT2D eigenvalue weighted by molar-refractivity contribution is 6.20. The van der Waals surface area contributed by atoms with Gasteiger partial charge in [-0.3, -0.25) is 0 Å². The summed E-state index contributed by atoms with van der Waals surface area (Å²) in [6.45, 7) is 0. The second kappa shape index (κ2) is 2.13. The maximum atomic E-state index is 10.4. The van der Waals surface area contributed by atoms with Gasteiger partial charge in [0.25, 0.3) is 0 Å². The Hall–Kier alpha value is -0.570. The summed E-state index contributed by atoms with van der Waals surface area (Å²) in [5.41, 5.74) is 0. The standard InChI is InChI=1S/C4H3ClNO2/c5-1-3-4(7)6-2-8-3/h3H,1H2/q-1. The van der Waals surface area contributed by atoms with Gasteiger partial charge in [-0.2, -0.15) is 0 Å². The topological polar surface area (TPSA) is 38.7 Å². The number of halogens is 1. The highest BCUT2D eigenvalue weighted by Gasteiger charge is 2.09. The third-order valence-corrected chi connectivity index (χ3v) is 1.05. The van der Waals surface area contributed by atoms with E-state index in [1.54, 1.807) is 0 Å². The van der Waals surface area contributed by atoms with Crippen LogP contribution in [0.15, 0.2) is 4.99 Å². The van der Waals surface area contributed by atoms with Gasteiger partial charge in [0.05, 0.1) is 0 Å². The number of amides is 1. The van der Waals surface area contributed by atoms with Crippen molar-refractivity contribution in [2.75, 3.05) is 5.88 Å². The number of hydrogen-bond donors (Lipinski definition) is 0. The van der Waals surface area contributed by atoms with Crippen molar-refractivity contribution in [1.29, 1.82) is 0 Å². The molecule has 1 amide bonds. The van der Waals surface area contributed by atoms with Crippen LogP contribution in [0.4, 0.5) is 0 Å². The van der Waals surface area contributed by atoms with Gasteiger partial charge < -0.3 is 14.5 Å². The molecule has 0 radical (unpaired) electrons. The lowest BCUT2D eigenvalue weighted by molar-refractivity contribution is -0.121. The monoisotopic (exact) mass is 132 g/mol. The fourth-order valence-electron chi connectivity index (χ4n) is 0.355. The minimum atomic E-state index is -0.586. The Labute approximate surface area is 51.3 Å². The van der Waals surface area contributed by atoms with Crippen LogP contribution >= 0.6 is 11.6 Å². The molecule has 1 aliphatic heterocycles. The largest absolute Gasteiger partial charge is 0.577 e. The second-order valence-electron chi connectivity index (χ2n) is 1.30. The van der Waals surface area contributed by atoms with Gasteiger partial charge in [0.2, 0.25) is 0 Å². The molecule has 44 valence electrons. The zero-order valence-corrected chi connectivity index (χ0v) is 4.68. The van der Waals surface area contributed by atoms with Crippen LogP contribution in [0.1, 0.15) is 0 Å². The Balaban J connectivity index is 2.51. The highest BCUT2D eigenvalue weighted by atomic mass is 35.5. The van der Waals surface area contributed by atoms with Crippen LogP contribution in [-0.4, -0.2) is 24.3 Å². The van der Waals surface area contributed by atoms with Crippen LogP contribution in [0.25, 0.3) is 0 Å². The summed E-state index contributed by atoms with van der Waals surface area (Å²) in [6.07, 6.45) is 1.48. The molecule has 0 spiro atoms. The summed E-state index contributed by atoms with van der Waals surface area (Å²) in [6, 6.07) is 0. The Bertz CT molecular complexity index is 134. The van der Waals surface area contributed by atoms with Crippen molar-refractivity contribution in [3.63, 3.8) is 0 Å². The molecule has 4 heteroatoms. The van der Waals surface area contributed by atoms with Gasteiger partial charge in [0, 0.05) is 12.3 Å². The molecule has 3 nitrogen and oxygen atoms in total. The van der Waals surface area contributed by atoms with E-state index in [1.165, 1.54) is 0 Å². The molecule has 0 saturated carbocycles. The molecule has 0 aromatic heterocycles. The van der Waals surface area contributed by atoms with E-state index in [2.05, 4.69) is 16.1 Å². The lowest BCUT2D eigenvalue weighted by Crippen LogP contribution is -2.17. The SMILES string of the molecule is O=C1N=[C-]OC1CCl. The van der Waals surface area contributed by atoms with E-state index < -0.39 is 6.10 Å². The van der Waals surface area contributed by atoms with Crippen LogP contribution in [0.2, 0.25) is 0 Å². The zero-order chi connectivity index (χ0) is 5.98. The summed E-state index contributed by atoms with van der Waals surface area (Å²) >= 11 is 5.26. The van der Waals surface area contributed by atoms with Crippen molar-refractivity contribution in [3.8, 4) is 0 Å².